The van der Waals surface area contributed by atoms with E-state index < -0.39 is 5.97 Å². The molecule has 0 amide bonds. The van der Waals surface area contributed by atoms with Gasteiger partial charge >= 0.3 is 5.97 Å². The number of carbonyl (C=O) groups is 1. The van der Waals surface area contributed by atoms with E-state index in [4.69, 9.17) is 11.0 Å². The van der Waals surface area contributed by atoms with Crippen molar-refractivity contribution in [1.29, 1.82) is 0 Å². The van der Waals surface area contributed by atoms with Crippen molar-refractivity contribution in [2.45, 2.75) is 13.5 Å². The average Bonchev–Trinajstić information content (AvgIpc) is 2.46. The van der Waals surface area contributed by atoms with Crippen LogP contribution in [-0.2, 0) is 11.3 Å². The highest BCUT2D eigenvalue weighted by Gasteiger charge is 2.15. The quantitative estimate of drug-likeness (QED) is 0.513. The van der Waals surface area contributed by atoms with E-state index in [-0.39, 0.29) is 6.54 Å². The molecule has 13 heavy (non-hydrogen) atoms. The van der Waals surface area contributed by atoms with Crippen molar-refractivity contribution in [1.82, 2.24) is 0 Å². The van der Waals surface area contributed by atoms with Crippen LogP contribution < -0.4 is 0 Å². The van der Waals surface area contributed by atoms with E-state index in [0.29, 0.717) is 17.1 Å². The van der Waals surface area contributed by atoms with Crippen molar-refractivity contribution in [3.05, 3.63) is 34.6 Å². The highest BCUT2D eigenvalue weighted by atomic mass is 16.5. The molecule has 0 saturated carbocycles. The van der Waals surface area contributed by atoms with Gasteiger partial charge in [0.1, 0.15) is 11.3 Å². The lowest BCUT2D eigenvalue weighted by Gasteiger charge is -1.93. The molecule has 1 rings (SSSR count). The Hall–Kier alpha value is -1.76. The molecule has 0 aromatic carbocycles. The largest absolute Gasteiger partial charge is 0.465 e. The molecule has 1 heterocycles. The van der Waals surface area contributed by atoms with Gasteiger partial charge in [-0.05, 0) is 6.92 Å². The maximum atomic E-state index is 11.1. The van der Waals surface area contributed by atoms with Crippen LogP contribution in [0.3, 0.4) is 0 Å². The third kappa shape index (κ3) is 1.88. The summed E-state index contributed by atoms with van der Waals surface area (Å²) in [6.45, 7) is 8.44. The molecule has 1 aromatic rings. The minimum absolute atomic E-state index is 0.151. The van der Waals surface area contributed by atoms with Gasteiger partial charge in [-0.15, -0.1) is 0 Å². The minimum atomic E-state index is -0.433. The molecule has 68 valence electrons. The Morgan fingerprint density at radius 3 is 3.00 bits per heavy atom. The van der Waals surface area contributed by atoms with Gasteiger partial charge in [-0.3, -0.25) is 0 Å². The molecule has 0 radical (unpaired) electrons. The molecule has 0 atom stereocenters. The van der Waals surface area contributed by atoms with Crippen molar-refractivity contribution in [2.75, 3.05) is 7.11 Å². The minimum Gasteiger partial charge on any atom is -0.465 e. The van der Waals surface area contributed by atoms with Crippen LogP contribution in [0.1, 0.15) is 21.9 Å². The molecule has 0 saturated heterocycles. The predicted molar refractivity (Wildman–Crippen MR) is 45.1 cm³/mol. The molecule has 0 spiro atoms. The van der Waals surface area contributed by atoms with Crippen LogP contribution in [0.15, 0.2) is 10.5 Å². The third-order valence-electron chi connectivity index (χ3n) is 1.61. The molecule has 1 aromatic heterocycles. The Morgan fingerprint density at radius 1 is 1.77 bits per heavy atom. The number of methoxy groups -OCH3 is 1. The number of ether oxygens (including phenoxy) is 1. The lowest BCUT2D eigenvalue weighted by molar-refractivity contribution is 0.0599. The second kappa shape index (κ2) is 3.76. The summed E-state index contributed by atoms with van der Waals surface area (Å²) in [6, 6.07) is 1.54. The number of hydrogen-bond donors (Lipinski definition) is 0. The summed E-state index contributed by atoms with van der Waals surface area (Å²) in [4.78, 5) is 14.2. The second-order valence-corrected chi connectivity index (χ2v) is 2.49. The normalized spacial score (nSPS) is 9.31. The first kappa shape index (κ1) is 9.33. The maximum absolute atomic E-state index is 11.1. The van der Waals surface area contributed by atoms with Crippen molar-refractivity contribution in [3.63, 3.8) is 0 Å². The monoisotopic (exact) mass is 179 g/mol. The van der Waals surface area contributed by atoms with E-state index in [2.05, 4.69) is 9.58 Å². The number of aryl methyl sites for hydroxylation is 1. The van der Waals surface area contributed by atoms with Crippen LogP contribution >= 0.6 is 0 Å². The fraction of sp³-hybridized carbons (Fsp3) is 0.333. The van der Waals surface area contributed by atoms with Crippen molar-refractivity contribution < 1.29 is 13.9 Å². The molecule has 4 heteroatoms. The van der Waals surface area contributed by atoms with E-state index >= 15 is 0 Å². The smallest absolute Gasteiger partial charge is 0.341 e. The molecular formula is C9H9NO3. The zero-order chi connectivity index (χ0) is 9.84. The van der Waals surface area contributed by atoms with E-state index in [1.54, 1.807) is 13.0 Å². The molecule has 0 aliphatic heterocycles. The molecular weight excluding hydrogens is 170 g/mol. The van der Waals surface area contributed by atoms with E-state index in [1.165, 1.54) is 7.11 Å². The molecule has 0 bridgehead atoms. The molecule has 4 nitrogen and oxygen atoms in total. The molecule has 0 fully saturated rings. The number of hydrogen-bond acceptors (Lipinski definition) is 3. The van der Waals surface area contributed by atoms with Gasteiger partial charge in [-0.25, -0.2) is 11.4 Å². The highest BCUT2D eigenvalue weighted by Crippen LogP contribution is 2.16. The summed E-state index contributed by atoms with van der Waals surface area (Å²) in [7, 11) is 1.31. The lowest BCUT2D eigenvalue weighted by atomic mass is 10.2. The number of rotatable bonds is 2. The fourth-order valence-electron chi connectivity index (χ4n) is 1.01. The summed E-state index contributed by atoms with van der Waals surface area (Å²) in [6.07, 6.45) is 0. The van der Waals surface area contributed by atoms with E-state index in [9.17, 15) is 4.79 Å². The highest BCUT2D eigenvalue weighted by molar-refractivity contribution is 5.90. The summed E-state index contributed by atoms with van der Waals surface area (Å²) in [5, 5.41) is 0. The Kier molecular flexibility index (Phi) is 2.70. The first-order valence-electron chi connectivity index (χ1n) is 3.70. The van der Waals surface area contributed by atoms with Crippen LogP contribution in [0.5, 0.6) is 0 Å². The summed E-state index contributed by atoms with van der Waals surface area (Å²) in [5.74, 6) is 0.552. The number of nitrogens with zero attached hydrogens (tertiary/aromatic N) is 1. The summed E-state index contributed by atoms with van der Waals surface area (Å²) in [5.41, 5.74) is 0.390. The first-order chi connectivity index (χ1) is 6.19. The van der Waals surface area contributed by atoms with Gasteiger partial charge in [0.05, 0.1) is 7.11 Å². The Morgan fingerprint density at radius 2 is 2.46 bits per heavy atom. The van der Waals surface area contributed by atoms with Crippen LogP contribution in [0.25, 0.3) is 4.85 Å². The van der Waals surface area contributed by atoms with Gasteiger partial charge in [-0.1, -0.05) is 0 Å². The van der Waals surface area contributed by atoms with Crippen LogP contribution in [0, 0.1) is 13.5 Å². The zero-order valence-corrected chi connectivity index (χ0v) is 7.46. The molecule has 0 unspecified atom stereocenters. The van der Waals surface area contributed by atoms with Crippen molar-refractivity contribution in [3.8, 4) is 0 Å². The number of furan rings is 1. The van der Waals surface area contributed by atoms with E-state index in [0.717, 1.165) is 0 Å². The third-order valence-corrected chi connectivity index (χ3v) is 1.61. The number of esters is 1. The maximum Gasteiger partial charge on any atom is 0.341 e. The van der Waals surface area contributed by atoms with Crippen molar-refractivity contribution >= 4 is 5.97 Å². The van der Waals surface area contributed by atoms with Crippen LogP contribution in [0.4, 0.5) is 0 Å². The zero-order valence-electron chi connectivity index (χ0n) is 7.46. The SMILES string of the molecule is [C-]#[N+]Cc1cc(C(=O)OC)c(C)o1. The van der Waals surface area contributed by atoms with Gasteiger partial charge in [0.15, 0.2) is 5.76 Å². The topological polar surface area (TPSA) is 43.8 Å². The fourth-order valence-corrected chi connectivity index (χ4v) is 1.01. The standard InChI is InChI=1S/C9H9NO3/c1-6-8(9(11)12-3)4-7(13-6)5-10-2/h4H,5H2,1,3H3. The summed E-state index contributed by atoms with van der Waals surface area (Å²) < 4.78 is 9.70. The summed E-state index contributed by atoms with van der Waals surface area (Å²) >= 11 is 0. The number of carbonyl (C=O) groups excluding carboxylic acids is 1. The van der Waals surface area contributed by atoms with Gasteiger partial charge in [0.2, 0.25) is 0 Å². The van der Waals surface area contributed by atoms with E-state index in [1.807, 2.05) is 0 Å². The predicted octanol–water partition coefficient (Wildman–Crippen LogP) is 1.79. The Bertz CT molecular complexity index is 359. The first-order valence-corrected chi connectivity index (χ1v) is 3.70. The van der Waals surface area contributed by atoms with Crippen LogP contribution in [-0.4, -0.2) is 13.1 Å². The average molecular weight is 179 g/mol. The Balaban J connectivity index is 2.97. The van der Waals surface area contributed by atoms with Gasteiger partial charge in [0, 0.05) is 6.07 Å². The molecule has 0 aliphatic carbocycles. The van der Waals surface area contributed by atoms with Gasteiger partial charge in [0.25, 0.3) is 6.54 Å². The lowest BCUT2D eigenvalue weighted by Crippen LogP contribution is -2.00. The van der Waals surface area contributed by atoms with Crippen LogP contribution in [0.2, 0.25) is 0 Å². The second-order valence-electron chi connectivity index (χ2n) is 2.49. The molecule has 0 aliphatic rings. The molecule has 0 N–H and O–H groups in total. The van der Waals surface area contributed by atoms with Crippen molar-refractivity contribution in [2.24, 2.45) is 0 Å². The van der Waals surface area contributed by atoms with Gasteiger partial charge < -0.3 is 14.0 Å². The van der Waals surface area contributed by atoms with Gasteiger partial charge in [-0.2, -0.15) is 0 Å². The Labute approximate surface area is 75.9 Å².